The molecular formula is C23H17FN6. The zero-order valence-corrected chi connectivity index (χ0v) is 15.9. The number of anilines is 1. The molecule has 30 heavy (non-hydrogen) atoms. The van der Waals surface area contributed by atoms with Gasteiger partial charge in [-0.05, 0) is 42.0 Å². The Balaban J connectivity index is 1.60. The number of hydrogen-bond donors (Lipinski definition) is 1. The van der Waals surface area contributed by atoms with Crippen molar-refractivity contribution in [2.75, 3.05) is 5.73 Å². The van der Waals surface area contributed by atoms with Gasteiger partial charge in [-0.3, -0.25) is 9.97 Å². The summed E-state index contributed by atoms with van der Waals surface area (Å²) in [5.74, 6) is -0.275. The van der Waals surface area contributed by atoms with Gasteiger partial charge in [-0.2, -0.15) is 5.10 Å². The van der Waals surface area contributed by atoms with Crippen LogP contribution in [0.15, 0.2) is 79.4 Å². The summed E-state index contributed by atoms with van der Waals surface area (Å²) >= 11 is 0. The maximum absolute atomic E-state index is 14.2. The fourth-order valence-electron chi connectivity index (χ4n) is 3.47. The van der Waals surface area contributed by atoms with Crippen LogP contribution in [0.2, 0.25) is 0 Å². The number of nitrogens with zero attached hydrogens (tertiary/aromatic N) is 5. The molecule has 146 valence electrons. The minimum atomic E-state index is -0.275. The topological polar surface area (TPSA) is 82.5 Å². The quantitative estimate of drug-likeness (QED) is 0.489. The van der Waals surface area contributed by atoms with Gasteiger partial charge in [0.25, 0.3) is 0 Å². The molecule has 0 radical (unpaired) electrons. The maximum atomic E-state index is 14.2. The number of hydrogen-bond acceptors (Lipinski definition) is 5. The first-order chi connectivity index (χ1) is 14.7. The molecule has 1 aromatic carbocycles. The second-order valence-electron chi connectivity index (χ2n) is 6.86. The summed E-state index contributed by atoms with van der Waals surface area (Å²) in [5.41, 5.74) is 11.2. The van der Waals surface area contributed by atoms with Crippen molar-refractivity contribution >= 4 is 16.7 Å². The highest BCUT2D eigenvalue weighted by Crippen LogP contribution is 2.31. The number of fused-ring (bicyclic) bond motifs is 1. The minimum Gasteiger partial charge on any atom is -0.398 e. The fourth-order valence-corrected chi connectivity index (χ4v) is 3.47. The van der Waals surface area contributed by atoms with Crippen molar-refractivity contribution in [1.82, 2.24) is 24.7 Å². The Morgan fingerprint density at radius 1 is 0.933 bits per heavy atom. The molecule has 0 aliphatic rings. The van der Waals surface area contributed by atoms with Crippen LogP contribution < -0.4 is 5.73 Å². The van der Waals surface area contributed by atoms with E-state index in [-0.39, 0.29) is 12.4 Å². The van der Waals surface area contributed by atoms with Gasteiger partial charge in [0.1, 0.15) is 11.5 Å². The normalized spacial score (nSPS) is 11.1. The molecule has 4 aromatic heterocycles. The standard InChI is InChI=1S/C23H17FN6/c24-19-6-2-1-4-16(19)14-30-23-17(5-3-9-27-23)22(29-30)21-12-20(25)18(13-28-21)15-7-10-26-11-8-15/h1-13H,14H2,(H2,25,28). The third-order valence-electron chi connectivity index (χ3n) is 4.95. The second kappa shape index (κ2) is 7.36. The molecule has 0 spiro atoms. The number of rotatable bonds is 4. The van der Waals surface area contributed by atoms with E-state index in [1.165, 1.54) is 6.07 Å². The highest BCUT2D eigenvalue weighted by molar-refractivity contribution is 5.91. The number of nitrogen functional groups attached to an aromatic ring is 1. The summed E-state index contributed by atoms with van der Waals surface area (Å²) < 4.78 is 15.9. The fraction of sp³-hybridized carbons (Fsp3) is 0.0435. The second-order valence-corrected chi connectivity index (χ2v) is 6.86. The predicted molar refractivity (Wildman–Crippen MR) is 114 cm³/mol. The molecule has 4 heterocycles. The first-order valence-electron chi connectivity index (χ1n) is 9.42. The minimum absolute atomic E-state index is 0.269. The van der Waals surface area contributed by atoms with Crippen molar-refractivity contribution < 1.29 is 4.39 Å². The lowest BCUT2D eigenvalue weighted by Crippen LogP contribution is -2.04. The average molecular weight is 396 g/mol. The Kier molecular flexibility index (Phi) is 4.40. The van der Waals surface area contributed by atoms with Gasteiger partial charge in [0.15, 0.2) is 5.65 Å². The average Bonchev–Trinajstić information content (AvgIpc) is 3.14. The van der Waals surface area contributed by atoms with Crippen LogP contribution in [-0.4, -0.2) is 24.7 Å². The number of aromatic nitrogens is 5. The summed E-state index contributed by atoms with van der Waals surface area (Å²) in [7, 11) is 0. The summed E-state index contributed by atoms with van der Waals surface area (Å²) in [5, 5.41) is 5.53. The van der Waals surface area contributed by atoms with Crippen LogP contribution in [0.1, 0.15) is 5.56 Å². The van der Waals surface area contributed by atoms with Gasteiger partial charge in [0.05, 0.1) is 12.2 Å². The predicted octanol–water partition coefficient (Wildman–Crippen LogP) is 4.32. The highest BCUT2D eigenvalue weighted by atomic mass is 19.1. The third-order valence-corrected chi connectivity index (χ3v) is 4.95. The molecule has 5 rings (SSSR count). The molecule has 0 bridgehead atoms. The molecule has 0 amide bonds. The van der Waals surface area contributed by atoms with E-state index in [1.807, 2.05) is 24.3 Å². The molecule has 0 saturated carbocycles. The lowest BCUT2D eigenvalue weighted by molar-refractivity contribution is 0.589. The molecule has 7 heteroatoms. The molecular weight excluding hydrogens is 379 g/mol. The molecule has 0 unspecified atom stereocenters. The van der Waals surface area contributed by atoms with Crippen LogP contribution in [0.4, 0.5) is 10.1 Å². The largest absolute Gasteiger partial charge is 0.398 e. The number of nitrogens with two attached hydrogens (primary N) is 1. The van der Waals surface area contributed by atoms with E-state index in [0.717, 1.165) is 16.5 Å². The van der Waals surface area contributed by atoms with Crippen molar-refractivity contribution in [3.63, 3.8) is 0 Å². The lowest BCUT2D eigenvalue weighted by Gasteiger charge is -2.07. The van der Waals surface area contributed by atoms with Gasteiger partial charge < -0.3 is 5.73 Å². The molecule has 6 nitrogen and oxygen atoms in total. The van der Waals surface area contributed by atoms with Crippen LogP contribution in [0.3, 0.4) is 0 Å². The van der Waals surface area contributed by atoms with E-state index in [0.29, 0.717) is 28.3 Å². The number of benzene rings is 1. The van der Waals surface area contributed by atoms with E-state index in [9.17, 15) is 4.39 Å². The molecule has 0 aliphatic heterocycles. The van der Waals surface area contributed by atoms with Crippen molar-refractivity contribution in [3.05, 3.63) is 90.8 Å². The molecule has 0 aliphatic carbocycles. The highest BCUT2D eigenvalue weighted by Gasteiger charge is 2.16. The molecule has 0 fully saturated rings. The lowest BCUT2D eigenvalue weighted by atomic mass is 10.1. The van der Waals surface area contributed by atoms with E-state index in [1.54, 1.807) is 53.7 Å². The zero-order valence-electron chi connectivity index (χ0n) is 15.9. The SMILES string of the molecule is Nc1cc(-c2nn(Cc3ccccc3F)c3ncccc23)ncc1-c1ccncc1. The van der Waals surface area contributed by atoms with Gasteiger partial charge >= 0.3 is 0 Å². The van der Waals surface area contributed by atoms with Gasteiger partial charge in [0, 0.05) is 47.0 Å². The Labute approximate surface area is 171 Å². The number of halogens is 1. The van der Waals surface area contributed by atoms with E-state index < -0.39 is 0 Å². The van der Waals surface area contributed by atoms with Crippen LogP contribution in [0.25, 0.3) is 33.5 Å². The van der Waals surface area contributed by atoms with Crippen LogP contribution >= 0.6 is 0 Å². The first kappa shape index (κ1) is 17.9. The summed E-state index contributed by atoms with van der Waals surface area (Å²) in [6, 6.07) is 16.0. The number of pyridine rings is 3. The summed E-state index contributed by atoms with van der Waals surface area (Å²) in [4.78, 5) is 13.1. The third kappa shape index (κ3) is 3.16. The molecule has 0 atom stereocenters. The summed E-state index contributed by atoms with van der Waals surface area (Å²) in [6.45, 7) is 0.269. The zero-order chi connectivity index (χ0) is 20.5. The van der Waals surface area contributed by atoms with E-state index in [4.69, 9.17) is 10.8 Å². The maximum Gasteiger partial charge on any atom is 0.158 e. The monoisotopic (exact) mass is 396 g/mol. The van der Waals surface area contributed by atoms with Crippen molar-refractivity contribution in [1.29, 1.82) is 0 Å². The van der Waals surface area contributed by atoms with Crippen molar-refractivity contribution in [2.45, 2.75) is 6.54 Å². The van der Waals surface area contributed by atoms with Crippen LogP contribution in [0, 0.1) is 5.82 Å². The molecule has 2 N–H and O–H groups in total. The van der Waals surface area contributed by atoms with Gasteiger partial charge in [-0.25, -0.2) is 14.1 Å². The van der Waals surface area contributed by atoms with E-state index in [2.05, 4.69) is 15.0 Å². The van der Waals surface area contributed by atoms with Gasteiger partial charge in [0.2, 0.25) is 0 Å². The van der Waals surface area contributed by atoms with Crippen LogP contribution in [-0.2, 0) is 6.54 Å². The Bertz CT molecular complexity index is 1350. The van der Waals surface area contributed by atoms with Crippen molar-refractivity contribution in [2.24, 2.45) is 0 Å². The Morgan fingerprint density at radius 2 is 1.77 bits per heavy atom. The Hall–Kier alpha value is -4.13. The molecule has 0 saturated heterocycles. The first-order valence-corrected chi connectivity index (χ1v) is 9.42. The smallest absolute Gasteiger partial charge is 0.158 e. The van der Waals surface area contributed by atoms with Gasteiger partial charge in [-0.1, -0.05) is 18.2 Å². The molecule has 5 aromatic rings. The van der Waals surface area contributed by atoms with Crippen molar-refractivity contribution in [3.8, 4) is 22.5 Å². The summed E-state index contributed by atoms with van der Waals surface area (Å²) in [6.07, 6.45) is 6.86. The van der Waals surface area contributed by atoms with Crippen LogP contribution in [0.5, 0.6) is 0 Å². The van der Waals surface area contributed by atoms with Gasteiger partial charge in [-0.15, -0.1) is 0 Å². The van der Waals surface area contributed by atoms with E-state index >= 15 is 0 Å². The Morgan fingerprint density at radius 3 is 2.57 bits per heavy atom.